The highest BCUT2D eigenvalue weighted by molar-refractivity contribution is 6.76. The number of methoxy groups -OCH3 is 1. The van der Waals surface area contributed by atoms with Gasteiger partial charge in [-0.25, -0.2) is 0 Å². The van der Waals surface area contributed by atoms with E-state index < -0.39 is 8.07 Å². The van der Waals surface area contributed by atoms with Gasteiger partial charge in [0, 0.05) is 8.07 Å². The molecule has 0 amide bonds. The van der Waals surface area contributed by atoms with E-state index in [1.165, 1.54) is 11.6 Å². The van der Waals surface area contributed by atoms with Gasteiger partial charge >= 0.3 is 0 Å². The fraction of sp³-hybridized carbons (Fsp3) is 0.625. The highest BCUT2D eigenvalue weighted by atomic mass is 28.3. The third-order valence-corrected chi connectivity index (χ3v) is 5.04. The highest BCUT2D eigenvalue weighted by Gasteiger charge is 2.20. The smallest absolute Gasteiger partial charge is 0.119 e. The number of hydrogen-bond acceptors (Lipinski definition) is 2. The summed E-state index contributed by atoms with van der Waals surface area (Å²) in [6.45, 7) is 11.7. The van der Waals surface area contributed by atoms with Gasteiger partial charge in [-0.05, 0) is 43.1 Å². The molecule has 0 bridgehead atoms. The highest BCUT2D eigenvalue weighted by Crippen LogP contribution is 2.22. The molecule has 0 heterocycles. The summed E-state index contributed by atoms with van der Waals surface area (Å²) in [5.74, 6) is 1.70. The van der Waals surface area contributed by atoms with Gasteiger partial charge in [-0.15, -0.1) is 0 Å². The monoisotopic (exact) mass is 279 g/mol. The lowest BCUT2D eigenvalue weighted by Crippen LogP contribution is -2.31. The van der Waals surface area contributed by atoms with Crippen molar-refractivity contribution in [2.45, 2.75) is 39.0 Å². The van der Waals surface area contributed by atoms with E-state index in [0.717, 1.165) is 31.2 Å². The molecular formula is C16H29NOSi. The molecule has 0 aliphatic heterocycles. The molecule has 1 N–H and O–H groups in total. The maximum atomic E-state index is 5.31. The van der Waals surface area contributed by atoms with Crippen LogP contribution in [-0.4, -0.2) is 28.3 Å². The zero-order chi connectivity index (χ0) is 14.3. The van der Waals surface area contributed by atoms with Crippen molar-refractivity contribution in [2.75, 3.05) is 20.2 Å². The van der Waals surface area contributed by atoms with Crippen LogP contribution >= 0.6 is 0 Å². The first-order valence-corrected chi connectivity index (χ1v) is 11.0. The van der Waals surface area contributed by atoms with Crippen LogP contribution in [0.25, 0.3) is 0 Å². The molecule has 0 aliphatic carbocycles. The molecule has 1 aromatic carbocycles. The van der Waals surface area contributed by atoms with Gasteiger partial charge in [0.25, 0.3) is 0 Å². The van der Waals surface area contributed by atoms with E-state index in [1.54, 1.807) is 7.11 Å². The van der Waals surface area contributed by atoms with Crippen molar-refractivity contribution < 1.29 is 4.74 Å². The van der Waals surface area contributed by atoms with Gasteiger partial charge in [-0.2, -0.15) is 0 Å². The van der Waals surface area contributed by atoms with Gasteiger partial charge in [0.05, 0.1) is 7.11 Å². The van der Waals surface area contributed by atoms with Crippen LogP contribution in [0, 0.1) is 5.92 Å². The summed E-state index contributed by atoms with van der Waals surface area (Å²) < 4.78 is 5.31. The van der Waals surface area contributed by atoms with Gasteiger partial charge in [0.15, 0.2) is 0 Å². The lowest BCUT2D eigenvalue weighted by molar-refractivity contribution is 0.413. The van der Waals surface area contributed by atoms with Gasteiger partial charge in [0.1, 0.15) is 5.75 Å². The first-order valence-electron chi connectivity index (χ1n) is 7.28. The Bertz CT molecular complexity index is 373. The Morgan fingerprint density at radius 1 is 1.26 bits per heavy atom. The summed E-state index contributed by atoms with van der Waals surface area (Å²) >= 11 is 0. The fourth-order valence-electron chi connectivity index (χ4n) is 2.56. The molecule has 3 heteroatoms. The molecule has 108 valence electrons. The van der Waals surface area contributed by atoms with Crippen molar-refractivity contribution >= 4 is 8.07 Å². The van der Waals surface area contributed by atoms with Crippen LogP contribution in [0.2, 0.25) is 25.7 Å². The molecule has 0 saturated carbocycles. The lowest BCUT2D eigenvalue weighted by Gasteiger charge is -2.25. The van der Waals surface area contributed by atoms with Crippen molar-refractivity contribution in [1.29, 1.82) is 0 Å². The molecule has 0 aromatic heterocycles. The molecular weight excluding hydrogens is 250 g/mol. The van der Waals surface area contributed by atoms with E-state index in [1.807, 2.05) is 6.07 Å². The molecule has 0 radical (unpaired) electrons. The first-order chi connectivity index (χ1) is 8.94. The van der Waals surface area contributed by atoms with Crippen molar-refractivity contribution in [1.82, 2.24) is 5.32 Å². The SMILES string of the molecule is CCNCC(Cc1cccc(OC)c1)C[Si](C)(C)C. The molecule has 19 heavy (non-hydrogen) atoms. The molecule has 0 spiro atoms. The Labute approximate surface area is 119 Å². The Morgan fingerprint density at radius 3 is 2.58 bits per heavy atom. The number of rotatable bonds is 8. The molecule has 1 unspecified atom stereocenters. The van der Waals surface area contributed by atoms with Gasteiger partial charge < -0.3 is 10.1 Å². The summed E-state index contributed by atoms with van der Waals surface area (Å²) in [5, 5.41) is 3.51. The minimum atomic E-state index is -1.02. The van der Waals surface area contributed by atoms with E-state index in [0.29, 0.717) is 0 Å². The van der Waals surface area contributed by atoms with Gasteiger partial charge in [-0.3, -0.25) is 0 Å². The van der Waals surface area contributed by atoms with Crippen molar-refractivity contribution in [3.8, 4) is 5.75 Å². The van der Waals surface area contributed by atoms with Crippen LogP contribution in [0.5, 0.6) is 5.75 Å². The normalized spacial score (nSPS) is 13.3. The Morgan fingerprint density at radius 2 is 2.00 bits per heavy atom. The van der Waals surface area contributed by atoms with Crippen LogP contribution < -0.4 is 10.1 Å². The Kier molecular flexibility index (Phi) is 6.59. The third kappa shape index (κ3) is 6.78. The zero-order valence-electron chi connectivity index (χ0n) is 13.1. The van der Waals surface area contributed by atoms with Crippen molar-refractivity contribution in [3.05, 3.63) is 29.8 Å². The molecule has 1 aromatic rings. The molecule has 1 rings (SSSR count). The van der Waals surface area contributed by atoms with Crippen LogP contribution in [-0.2, 0) is 6.42 Å². The van der Waals surface area contributed by atoms with Crippen LogP contribution in [0.3, 0.4) is 0 Å². The van der Waals surface area contributed by atoms with Crippen LogP contribution in [0.1, 0.15) is 12.5 Å². The molecule has 0 fully saturated rings. The lowest BCUT2D eigenvalue weighted by atomic mass is 10.0. The molecule has 0 aliphatic rings. The topological polar surface area (TPSA) is 21.3 Å². The minimum Gasteiger partial charge on any atom is -0.497 e. The molecule has 0 saturated heterocycles. The second kappa shape index (κ2) is 7.71. The van der Waals surface area contributed by atoms with Crippen LogP contribution in [0.4, 0.5) is 0 Å². The summed E-state index contributed by atoms with van der Waals surface area (Å²) in [7, 11) is 0.716. The second-order valence-electron chi connectivity index (χ2n) is 6.49. The first kappa shape index (κ1) is 16.3. The predicted octanol–water partition coefficient (Wildman–Crippen LogP) is 3.80. The summed E-state index contributed by atoms with van der Waals surface area (Å²) in [6.07, 6.45) is 1.15. The number of hydrogen-bond donors (Lipinski definition) is 1. The van der Waals surface area contributed by atoms with E-state index in [2.05, 4.69) is 50.1 Å². The van der Waals surface area contributed by atoms with Crippen molar-refractivity contribution in [2.24, 2.45) is 5.92 Å². The summed E-state index contributed by atoms with van der Waals surface area (Å²) in [5.41, 5.74) is 1.39. The Hall–Kier alpha value is -0.803. The largest absolute Gasteiger partial charge is 0.497 e. The summed E-state index contributed by atoms with van der Waals surface area (Å²) in [6, 6.07) is 9.86. The van der Waals surface area contributed by atoms with Crippen LogP contribution in [0.15, 0.2) is 24.3 Å². The second-order valence-corrected chi connectivity index (χ2v) is 12.0. The van der Waals surface area contributed by atoms with E-state index in [9.17, 15) is 0 Å². The Balaban J connectivity index is 2.69. The average Bonchev–Trinajstić information content (AvgIpc) is 2.34. The molecule has 1 atom stereocenters. The van der Waals surface area contributed by atoms with Crippen molar-refractivity contribution in [3.63, 3.8) is 0 Å². The number of nitrogens with one attached hydrogen (secondary N) is 1. The third-order valence-electron chi connectivity index (χ3n) is 3.24. The standard InChI is InChI=1S/C16H29NOSi/c1-6-17-12-15(13-19(3,4)5)10-14-8-7-9-16(11-14)18-2/h7-9,11,15,17H,6,10,12-13H2,1-5H3. The van der Waals surface area contributed by atoms with E-state index >= 15 is 0 Å². The quantitative estimate of drug-likeness (QED) is 0.731. The summed E-state index contributed by atoms with van der Waals surface area (Å²) in [4.78, 5) is 0. The molecule has 2 nitrogen and oxygen atoms in total. The zero-order valence-corrected chi connectivity index (χ0v) is 14.1. The number of ether oxygens (including phenoxy) is 1. The average molecular weight is 280 g/mol. The fourth-order valence-corrected chi connectivity index (χ4v) is 4.58. The van der Waals surface area contributed by atoms with E-state index in [-0.39, 0.29) is 0 Å². The maximum Gasteiger partial charge on any atom is 0.119 e. The number of benzene rings is 1. The van der Waals surface area contributed by atoms with Gasteiger partial charge in [-0.1, -0.05) is 44.7 Å². The predicted molar refractivity (Wildman–Crippen MR) is 86.9 cm³/mol. The van der Waals surface area contributed by atoms with E-state index in [4.69, 9.17) is 4.74 Å². The maximum absolute atomic E-state index is 5.31. The minimum absolute atomic E-state index is 0.735. The van der Waals surface area contributed by atoms with Gasteiger partial charge in [0.2, 0.25) is 0 Å².